The lowest BCUT2D eigenvalue weighted by Gasteiger charge is -2.06. The van der Waals surface area contributed by atoms with Crippen molar-refractivity contribution < 1.29 is 15.0 Å². The molecular formula is C14H11ClO3. The van der Waals surface area contributed by atoms with Crippen molar-refractivity contribution >= 4 is 17.6 Å². The van der Waals surface area contributed by atoms with E-state index in [9.17, 15) is 9.90 Å². The number of rotatable bonds is 3. The Hall–Kier alpha value is -2.00. The molecule has 2 rings (SSSR count). The Morgan fingerprint density at radius 1 is 0.944 bits per heavy atom. The van der Waals surface area contributed by atoms with Crippen molar-refractivity contribution in [1.82, 2.24) is 0 Å². The third kappa shape index (κ3) is 2.63. The number of halogens is 1. The first-order valence-corrected chi connectivity index (χ1v) is 5.78. The van der Waals surface area contributed by atoms with Crippen molar-refractivity contribution in [1.29, 1.82) is 0 Å². The highest BCUT2D eigenvalue weighted by molar-refractivity contribution is 6.29. The third-order valence-corrected chi connectivity index (χ3v) is 3.06. The van der Waals surface area contributed by atoms with Crippen LogP contribution in [0, 0.1) is 0 Å². The van der Waals surface area contributed by atoms with E-state index in [0.717, 1.165) is 11.1 Å². The van der Waals surface area contributed by atoms with Gasteiger partial charge in [-0.1, -0.05) is 36.4 Å². The van der Waals surface area contributed by atoms with Gasteiger partial charge in [0.15, 0.2) is 5.38 Å². The minimum Gasteiger partial charge on any atom is -0.508 e. The highest BCUT2D eigenvalue weighted by Gasteiger charge is 2.15. The van der Waals surface area contributed by atoms with Crippen molar-refractivity contribution in [2.24, 2.45) is 0 Å². The molecule has 2 N–H and O–H groups in total. The molecule has 2 aromatic carbocycles. The molecular weight excluding hydrogens is 252 g/mol. The summed E-state index contributed by atoms with van der Waals surface area (Å²) in [5, 5.41) is 17.0. The Labute approximate surface area is 109 Å². The van der Waals surface area contributed by atoms with Crippen molar-refractivity contribution in [3.05, 3.63) is 54.1 Å². The highest BCUT2D eigenvalue weighted by atomic mass is 35.5. The Bertz CT molecular complexity index is 546. The van der Waals surface area contributed by atoms with Gasteiger partial charge in [-0.2, -0.15) is 0 Å². The Morgan fingerprint density at radius 2 is 1.39 bits per heavy atom. The maximum atomic E-state index is 10.7. The molecule has 0 spiro atoms. The Morgan fingerprint density at radius 3 is 1.83 bits per heavy atom. The van der Waals surface area contributed by atoms with Crippen LogP contribution in [0.5, 0.6) is 5.75 Å². The second kappa shape index (κ2) is 5.10. The van der Waals surface area contributed by atoms with Crippen LogP contribution in [0.25, 0.3) is 11.1 Å². The molecule has 0 radical (unpaired) electrons. The summed E-state index contributed by atoms with van der Waals surface area (Å²) in [5.41, 5.74) is 2.43. The van der Waals surface area contributed by atoms with Crippen LogP contribution >= 0.6 is 11.6 Å². The molecule has 3 nitrogen and oxygen atoms in total. The number of carboxylic acid groups (broad SMARTS) is 1. The first-order chi connectivity index (χ1) is 8.58. The normalized spacial score (nSPS) is 12.1. The molecule has 0 saturated carbocycles. The second-order valence-electron chi connectivity index (χ2n) is 3.87. The summed E-state index contributed by atoms with van der Waals surface area (Å²) >= 11 is 5.73. The van der Waals surface area contributed by atoms with Crippen LogP contribution in [-0.2, 0) is 4.79 Å². The van der Waals surface area contributed by atoms with Gasteiger partial charge in [-0.25, -0.2) is 0 Å². The summed E-state index contributed by atoms with van der Waals surface area (Å²) in [6.07, 6.45) is 0. The lowest BCUT2D eigenvalue weighted by atomic mass is 10.0. The van der Waals surface area contributed by atoms with E-state index in [4.69, 9.17) is 16.7 Å². The Balaban J connectivity index is 2.27. The molecule has 0 bridgehead atoms. The number of hydrogen-bond acceptors (Lipinski definition) is 2. The largest absolute Gasteiger partial charge is 0.508 e. The molecule has 1 atom stereocenters. The molecule has 1 unspecified atom stereocenters. The maximum absolute atomic E-state index is 10.7. The summed E-state index contributed by atoms with van der Waals surface area (Å²) in [4.78, 5) is 10.7. The predicted octanol–water partition coefficient (Wildman–Crippen LogP) is 3.42. The van der Waals surface area contributed by atoms with Crippen molar-refractivity contribution in [2.75, 3.05) is 0 Å². The molecule has 0 saturated heterocycles. The van der Waals surface area contributed by atoms with E-state index in [2.05, 4.69) is 0 Å². The fourth-order valence-corrected chi connectivity index (χ4v) is 1.79. The van der Waals surface area contributed by atoms with E-state index in [1.165, 1.54) is 0 Å². The summed E-state index contributed by atoms with van der Waals surface area (Å²) in [5.74, 6) is -0.851. The topological polar surface area (TPSA) is 57.5 Å². The summed E-state index contributed by atoms with van der Waals surface area (Å²) in [6.45, 7) is 0. The maximum Gasteiger partial charge on any atom is 0.326 e. The quantitative estimate of drug-likeness (QED) is 0.834. The van der Waals surface area contributed by atoms with Gasteiger partial charge in [0.25, 0.3) is 0 Å². The van der Waals surface area contributed by atoms with E-state index in [-0.39, 0.29) is 5.75 Å². The SMILES string of the molecule is O=C(O)C(Cl)c1ccc(-c2ccc(O)cc2)cc1. The number of carbonyl (C=O) groups is 1. The van der Waals surface area contributed by atoms with Crippen LogP contribution in [0.3, 0.4) is 0 Å². The molecule has 0 amide bonds. The molecule has 2 aromatic rings. The summed E-state index contributed by atoms with van der Waals surface area (Å²) in [6, 6.07) is 13.8. The second-order valence-corrected chi connectivity index (χ2v) is 4.31. The number of aromatic hydroxyl groups is 1. The van der Waals surface area contributed by atoms with Crippen LogP contribution in [0.4, 0.5) is 0 Å². The van der Waals surface area contributed by atoms with Crippen LogP contribution in [-0.4, -0.2) is 16.2 Å². The molecule has 0 heterocycles. The van der Waals surface area contributed by atoms with Gasteiger partial charge >= 0.3 is 5.97 Å². The number of carboxylic acids is 1. The van der Waals surface area contributed by atoms with E-state index in [1.54, 1.807) is 48.5 Å². The first-order valence-electron chi connectivity index (χ1n) is 5.34. The van der Waals surface area contributed by atoms with E-state index >= 15 is 0 Å². The number of aliphatic carboxylic acids is 1. The molecule has 0 aliphatic carbocycles. The van der Waals surface area contributed by atoms with E-state index < -0.39 is 11.3 Å². The van der Waals surface area contributed by atoms with Gasteiger partial charge in [-0.15, -0.1) is 11.6 Å². The lowest BCUT2D eigenvalue weighted by Crippen LogP contribution is -2.04. The van der Waals surface area contributed by atoms with Crippen LogP contribution in [0.15, 0.2) is 48.5 Å². The zero-order valence-corrected chi connectivity index (χ0v) is 10.1. The summed E-state index contributed by atoms with van der Waals surface area (Å²) in [7, 11) is 0. The minimum atomic E-state index is -1.06. The molecule has 0 aliphatic rings. The molecule has 0 aromatic heterocycles. The monoisotopic (exact) mass is 262 g/mol. The zero-order chi connectivity index (χ0) is 13.1. The predicted molar refractivity (Wildman–Crippen MR) is 69.8 cm³/mol. The van der Waals surface area contributed by atoms with E-state index in [0.29, 0.717) is 5.56 Å². The zero-order valence-electron chi connectivity index (χ0n) is 9.38. The van der Waals surface area contributed by atoms with Gasteiger partial charge in [-0.05, 0) is 28.8 Å². The van der Waals surface area contributed by atoms with Gasteiger partial charge in [0.1, 0.15) is 5.75 Å². The first kappa shape index (κ1) is 12.5. The van der Waals surface area contributed by atoms with Crippen LogP contribution in [0.2, 0.25) is 0 Å². The molecule has 92 valence electrons. The van der Waals surface area contributed by atoms with Gasteiger partial charge in [-0.3, -0.25) is 4.79 Å². The molecule has 0 aliphatic heterocycles. The third-order valence-electron chi connectivity index (χ3n) is 2.62. The van der Waals surface area contributed by atoms with Crippen LogP contribution in [0.1, 0.15) is 10.9 Å². The smallest absolute Gasteiger partial charge is 0.326 e. The van der Waals surface area contributed by atoms with Crippen LogP contribution < -0.4 is 0 Å². The van der Waals surface area contributed by atoms with Gasteiger partial charge in [0.2, 0.25) is 0 Å². The van der Waals surface area contributed by atoms with Gasteiger partial charge < -0.3 is 10.2 Å². The van der Waals surface area contributed by atoms with Gasteiger partial charge in [0, 0.05) is 0 Å². The number of alkyl halides is 1. The Kier molecular flexibility index (Phi) is 3.53. The fraction of sp³-hybridized carbons (Fsp3) is 0.0714. The number of hydrogen-bond donors (Lipinski definition) is 2. The van der Waals surface area contributed by atoms with Crippen molar-refractivity contribution in [2.45, 2.75) is 5.38 Å². The minimum absolute atomic E-state index is 0.210. The molecule has 4 heteroatoms. The highest BCUT2D eigenvalue weighted by Crippen LogP contribution is 2.26. The fourth-order valence-electron chi connectivity index (χ4n) is 1.64. The standard InChI is InChI=1S/C14H11ClO3/c15-13(14(17)18)11-3-1-9(2-4-11)10-5-7-12(16)8-6-10/h1-8,13,16H,(H,17,18). The van der Waals surface area contributed by atoms with Crippen molar-refractivity contribution in [3.63, 3.8) is 0 Å². The summed E-state index contributed by atoms with van der Waals surface area (Å²) < 4.78 is 0. The van der Waals surface area contributed by atoms with E-state index in [1.807, 2.05) is 0 Å². The van der Waals surface area contributed by atoms with Gasteiger partial charge in [0.05, 0.1) is 0 Å². The number of benzene rings is 2. The average Bonchev–Trinajstić information content (AvgIpc) is 2.39. The molecule has 18 heavy (non-hydrogen) atoms. The lowest BCUT2D eigenvalue weighted by molar-refractivity contribution is -0.136. The number of phenolic OH excluding ortho intramolecular Hbond substituents is 1. The molecule has 0 fully saturated rings. The number of phenols is 1. The van der Waals surface area contributed by atoms with Crippen molar-refractivity contribution in [3.8, 4) is 16.9 Å². The average molecular weight is 263 g/mol.